The summed E-state index contributed by atoms with van der Waals surface area (Å²) in [5.74, 6) is 0.695. The van der Waals surface area contributed by atoms with Gasteiger partial charge in [-0.15, -0.1) is 0 Å². The van der Waals surface area contributed by atoms with Crippen LogP contribution in [0.5, 0.6) is 0 Å². The highest BCUT2D eigenvalue weighted by Gasteiger charge is 2.16. The van der Waals surface area contributed by atoms with E-state index in [1.54, 1.807) is 12.1 Å². The molecule has 2 amide bonds. The van der Waals surface area contributed by atoms with E-state index in [0.717, 1.165) is 19.5 Å². The normalized spacial score (nSPS) is 17.7. The van der Waals surface area contributed by atoms with Gasteiger partial charge in [-0.05, 0) is 51.4 Å². The highest BCUT2D eigenvalue weighted by molar-refractivity contribution is 6.31. The van der Waals surface area contributed by atoms with Crippen LogP contribution in [0.2, 0.25) is 5.02 Å². The van der Waals surface area contributed by atoms with Gasteiger partial charge in [-0.1, -0.05) is 29.8 Å². The number of likely N-dealkylation sites (tertiary alicyclic amines) is 1. The number of nitrogens with one attached hydrogen (secondary N) is 2. The summed E-state index contributed by atoms with van der Waals surface area (Å²) in [6, 6.07) is 6.85. The number of hydrogen-bond acceptors (Lipinski definition) is 3. The summed E-state index contributed by atoms with van der Waals surface area (Å²) in [6.07, 6.45) is 2.60. The molecule has 1 fully saturated rings. The Kier molecular flexibility index (Phi) is 7.15. The zero-order valence-electron chi connectivity index (χ0n) is 13.6. The van der Waals surface area contributed by atoms with Gasteiger partial charge in [0.25, 0.3) is 0 Å². The third-order valence-electron chi connectivity index (χ3n) is 4.40. The van der Waals surface area contributed by atoms with Crippen molar-refractivity contribution in [2.24, 2.45) is 5.92 Å². The zero-order valence-corrected chi connectivity index (χ0v) is 14.4. The second-order valence-electron chi connectivity index (χ2n) is 6.21. The summed E-state index contributed by atoms with van der Waals surface area (Å²) in [5, 5.41) is 16.1. The van der Waals surface area contributed by atoms with E-state index in [4.69, 9.17) is 11.6 Å². The molecule has 6 heteroatoms. The van der Waals surface area contributed by atoms with E-state index < -0.39 is 6.10 Å². The molecule has 1 aromatic carbocycles. The van der Waals surface area contributed by atoms with Gasteiger partial charge in [0.05, 0.1) is 6.10 Å². The van der Waals surface area contributed by atoms with Crippen molar-refractivity contribution in [3.8, 4) is 0 Å². The molecule has 2 rings (SSSR count). The van der Waals surface area contributed by atoms with Crippen LogP contribution in [-0.2, 0) is 0 Å². The number of urea groups is 1. The first kappa shape index (κ1) is 18.0. The monoisotopic (exact) mass is 339 g/mol. The number of piperidine rings is 1. The van der Waals surface area contributed by atoms with Crippen LogP contribution < -0.4 is 10.6 Å². The summed E-state index contributed by atoms with van der Waals surface area (Å²) in [6.45, 7) is 3.09. The SMILES string of the molecule is CN1CCC(CCNC(=O)NCC(O)c2ccccc2Cl)CC1. The van der Waals surface area contributed by atoms with Crippen molar-refractivity contribution in [3.63, 3.8) is 0 Å². The molecule has 1 heterocycles. The van der Waals surface area contributed by atoms with E-state index in [9.17, 15) is 9.90 Å². The van der Waals surface area contributed by atoms with E-state index in [1.165, 1.54) is 12.8 Å². The van der Waals surface area contributed by atoms with Crippen LogP contribution >= 0.6 is 11.6 Å². The lowest BCUT2D eigenvalue weighted by Crippen LogP contribution is -2.39. The standard InChI is InChI=1S/C17H26ClN3O2/c1-21-10-7-13(8-11-21)6-9-19-17(23)20-12-16(22)14-4-2-3-5-15(14)18/h2-5,13,16,22H,6-12H2,1H3,(H2,19,20,23). The second kappa shape index (κ2) is 9.11. The lowest BCUT2D eigenvalue weighted by atomic mass is 9.94. The minimum Gasteiger partial charge on any atom is -0.387 e. The lowest BCUT2D eigenvalue weighted by Gasteiger charge is -2.28. The van der Waals surface area contributed by atoms with Crippen molar-refractivity contribution in [1.82, 2.24) is 15.5 Å². The highest BCUT2D eigenvalue weighted by atomic mass is 35.5. The number of benzene rings is 1. The molecule has 0 saturated carbocycles. The van der Waals surface area contributed by atoms with E-state index in [1.807, 2.05) is 12.1 Å². The Morgan fingerprint density at radius 2 is 2.04 bits per heavy atom. The molecule has 1 aliphatic rings. The van der Waals surface area contributed by atoms with Crippen LogP contribution in [0.15, 0.2) is 24.3 Å². The summed E-state index contributed by atoms with van der Waals surface area (Å²) >= 11 is 6.02. The maximum Gasteiger partial charge on any atom is 0.314 e. The van der Waals surface area contributed by atoms with Gasteiger partial charge < -0.3 is 20.6 Å². The first-order valence-corrected chi connectivity index (χ1v) is 8.57. The topological polar surface area (TPSA) is 64.6 Å². The fraction of sp³-hybridized carbons (Fsp3) is 0.588. The number of rotatable bonds is 6. The van der Waals surface area contributed by atoms with Gasteiger partial charge in [0.1, 0.15) is 0 Å². The maximum absolute atomic E-state index is 11.8. The molecule has 1 saturated heterocycles. The van der Waals surface area contributed by atoms with Crippen LogP contribution in [0.4, 0.5) is 4.79 Å². The number of amides is 2. The molecule has 1 atom stereocenters. The summed E-state index contributed by atoms with van der Waals surface area (Å²) in [7, 11) is 2.15. The average molecular weight is 340 g/mol. The summed E-state index contributed by atoms with van der Waals surface area (Å²) < 4.78 is 0. The van der Waals surface area contributed by atoms with Gasteiger partial charge >= 0.3 is 6.03 Å². The van der Waals surface area contributed by atoms with E-state index in [0.29, 0.717) is 23.0 Å². The number of aliphatic hydroxyl groups excluding tert-OH is 1. The predicted molar refractivity (Wildman–Crippen MR) is 92.7 cm³/mol. The molecular weight excluding hydrogens is 314 g/mol. The largest absolute Gasteiger partial charge is 0.387 e. The smallest absolute Gasteiger partial charge is 0.314 e. The molecular formula is C17H26ClN3O2. The minimum absolute atomic E-state index is 0.143. The lowest BCUT2D eigenvalue weighted by molar-refractivity contribution is 0.172. The Morgan fingerprint density at radius 3 is 2.74 bits per heavy atom. The number of hydrogen-bond donors (Lipinski definition) is 3. The Balaban J connectivity index is 1.62. The molecule has 1 aliphatic heterocycles. The van der Waals surface area contributed by atoms with Crippen molar-refractivity contribution in [1.29, 1.82) is 0 Å². The van der Waals surface area contributed by atoms with Gasteiger partial charge in [-0.3, -0.25) is 0 Å². The van der Waals surface area contributed by atoms with Crippen molar-refractivity contribution in [3.05, 3.63) is 34.9 Å². The molecule has 0 spiro atoms. The Labute approximate surface area is 143 Å². The third kappa shape index (κ3) is 6.01. The number of aliphatic hydroxyl groups is 1. The van der Waals surface area contributed by atoms with Crippen molar-refractivity contribution >= 4 is 17.6 Å². The molecule has 0 bridgehead atoms. The van der Waals surface area contributed by atoms with E-state index in [-0.39, 0.29) is 12.6 Å². The van der Waals surface area contributed by atoms with Crippen molar-refractivity contribution < 1.29 is 9.90 Å². The first-order chi connectivity index (χ1) is 11.1. The Hall–Kier alpha value is -1.30. The molecule has 23 heavy (non-hydrogen) atoms. The fourth-order valence-electron chi connectivity index (χ4n) is 2.85. The predicted octanol–water partition coefficient (Wildman–Crippen LogP) is 2.40. The summed E-state index contributed by atoms with van der Waals surface area (Å²) in [5.41, 5.74) is 0.626. The maximum atomic E-state index is 11.8. The molecule has 128 valence electrons. The molecule has 1 aromatic rings. The molecule has 0 aliphatic carbocycles. The van der Waals surface area contributed by atoms with Gasteiger partial charge in [-0.2, -0.15) is 0 Å². The number of nitrogens with zero attached hydrogens (tertiary/aromatic N) is 1. The molecule has 5 nitrogen and oxygen atoms in total. The van der Waals surface area contributed by atoms with Crippen LogP contribution in [0, 0.1) is 5.92 Å². The second-order valence-corrected chi connectivity index (χ2v) is 6.62. The minimum atomic E-state index is -0.802. The highest BCUT2D eigenvalue weighted by Crippen LogP contribution is 2.22. The van der Waals surface area contributed by atoms with E-state index >= 15 is 0 Å². The van der Waals surface area contributed by atoms with Gasteiger partial charge in [0.15, 0.2) is 0 Å². The number of halogens is 1. The molecule has 1 unspecified atom stereocenters. The van der Waals surface area contributed by atoms with Crippen molar-refractivity contribution in [2.75, 3.05) is 33.2 Å². The van der Waals surface area contributed by atoms with Crippen LogP contribution in [0.1, 0.15) is 30.9 Å². The zero-order chi connectivity index (χ0) is 16.7. The van der Waals surface area contributed by atoms with Gasteiger partial charge in [-0.25, -0.2) is 4.79 Å². The summed E-state index contributed by atoms with van der Waals surface area (Å²) in [4.78, 5) is 14.1. The quantitative estimate of drug-likeness (QED) is 0.745. The number of carbonyl (C=O) groups is 1. The molecule has 3 N–H and O–H groups in total. The van der Waals surface area contributed by atoms with Crippen molar-refractivity contribution in [2.45, 2.75) is 25.4 Å². The first-order valence-electron chi connectivity index (χ1n) is 8.19. The van der Waals surface area contributed by atoms with Gasteiger partial charge in [0.2, 0.25) is 0 Å². The molecule has 0 radical (unpaired) electrons. The van der Waals surface area contributed by atoms with Gasteiger partial charge in [0, 0.05) is 23.7 Å². The average Bonchev–Trinajstić information content (AvgIpc) is 2.55. The Morgan fingerprint density at radius 1 is 1.35 bits per heavy atom. The Bertz CT molecular complexity index is 504. The number of carbonyl (C=O) groups excluding carboxylic acids is 1. The third-order valence-corrected chi connectivity index (χ3v) is 4.74. The van der Waals surface area contributed by atoms with Crippen LogP contribution in [0.25, 0.3) is 0 Å². The molecule has 0 aromatic heterocycles. The van der Waals surface area contributed by atoms with Crippen LogP contribution in [0.3, 0.4) is 0 Å². The fourth-order valence-corrected chi connectivity index (χ4v) is 3.11. The van der Waals surface area contributed by atoms with Crippen LogP contribution in [-0.4, -0.2) is 49.3 Å². The van der Waals surface area contributed by atoms with E-state index in [2.05, 4.69) is 22.6 Å².